The molecule has 0 unspecified atom stereocenters. The second-order valence-corrected chi connectivity index (χ2v) is 8.50. The number of thiazole rings is 1. The second kappa shape index (κ2) is 7.61. The molecule has 27 heavy (non-hydrogen) atoms. The van der Waals surface area contributed by atoms with E-state index in [9.17, 15) is 13.2 Å². The van der Waals surface area contributed by atoms with Crippen LogP contribution in [0.3, 0.4) is 0 Å². The molecule has 9 heteroatoms. The topological polar surface area (TPSA) is 86.6 Å². The first-order valence-electron chi connectivity index (χ1n) is 8.28. The van der Waals surface area contributed by atoms with Crippen molar-refractivity contribution in [1.82, 2.24) is 4.57 Å². The number of fused-ring (bicyclic) bond motifs is 1. The molecule has 3 rings (SSSR count). The number of benzene rings is 2. The highest BCUT2D eigenvalue weighted by Crippen LogP contribution is 2.31. The molecule has 1 N–H and O–H groups in total. The molecule has 0 aliphatic rings. The van der Waals surface area contributed by atoms with Crippen LogP contribution >= 0.6 is 11.3 Å². The van der Waals surface area contributed by atoms with Gasteiger partial charge < -0.3 is 9.47 Å². The maximum Gasteiger partial charge on any atom is 0.308 e. The van der Waals surface area contributed by atoms with E-state index < -0.39 is 10.0 Å². The van der Waals surface area contributed by atoms with Crippen LogP contribution in [0.5, 0.6) is 11.5 Å². The molecule has 1 heterocycles. The molecule has 0 saturated carbocycles. The molecule has 0 aliphatic heterocycles. The van der Waals surface area contributed by atoms with Crippen LogP contribution in [0.25, 0.3) is 10.2 Å². The van der Waals surface area contributed by atoms with Gasteiger partial charge in [-0.2, -0.15) is 0 Å². The maximum absolute atomic E-state index is 12.8. The van der Waals surface area contributed by atoms with Crippen LogP contribution in [-0.2, 0) is 16.6 Å². The lowest BCUT2D eigenvalue weighted by Gasteiger charge is -2.12. The Kier molecular flexibility index (Phi) is 5.43. The summed E-state index contributed by atoms with van der Waals surface area (Å²) in [6.45, 7) is 2.59. The van der Waals surface area contributed by atoms with Crippen molar-refractivity contribution in [2.24, 2.45) is 0 Å². The van der Waals surface area contributed by atoms with Gasteiger partial charge in [-0.05, 0) is 36.8 Å². The molecular weight excluding hydrogens is 388 g/mol. The van der Waals surface area contributed by atoms with Crippen LogP contribution < -0.4 is 19.1 Å². The average molecular weight is 409 g/mol. The Hall–Kier alpha value is -2.52. The molecule has 0 saturated heterocycles. The molecule has 0 spiro atoms. The van der Waals surface area contributed by atoms with E-state index in [1.807, 2.05) is 6.92 Å². The van der Waals surface area contributed by atoms with Crippen molar-refractivity contribution in [3.05, 3.63) is 46.1 Å². The lowest BCUT2D eigenvalue weighted by Crippen LogP contribution is -2.13. The highest BCUT2D eigenvalue weighted by Gasteiger charge is 2.18. The van der Waals surface area contributed by atoms with Crippen molar-refractivity contribution in [3.8, 4) is 11.5 Å². The molecule has 144 valence electrons. The minimum absolute atomic E-state index is 0.0887. The summed E-state index contributed by atoms with van der Waals surface area (Å²) in [7, 11) is -0.830. The summed E-state index contributed by atoms with van der Waals surface area (Å²) >= 11 is 1.04. The number of aryl methyl sites for hydroxylation is 1. The van der Waals surface area contributed by atoms with Crippen molar-refractivity contribution < 1.29 is 17.9 Å². The first kappa shape index (κ1) is 19.2. The Labute approximate surface area is 161 Å². The van der Waals surface area contributed by atoms with Crippen LogP contribution in [0.15, 0.2) is 46.1 Å². The van der Waals surface area contributed by atoms with Gasteiger partial charge in [0.05, 0.1) is 35.0 Å². The van der Waals surface area contributed by atoms with Crippen LogP contribution in [0, 0.1) is 0 Å². The van der Waals surface area contributed by atoms with Crippen LogP contribution in [0.2, 0.25) is 0 Å². The number of ether oxygens (including phenoxy) is 2. The summed E-state index contributed by atoms with van der Waals surface area (Å²) in [5, 5.41) is 0. The molecule has 0 atom stereocenters. The van der Waals surface area contributed by atoms with Gasteiger partial charge in [-0.15, -0.1) is 0 Å². The summed E-state index contributed by atoms with van der Waals surface area (Å²) in [5.41, 5.74) is 1.10. The van der Waals surface area contributed by atoms with Gasteiger partial charge >= 0.3 is 4.87 Å². The van der Waals surface area contributed by atoms with Crippen molar-refractivity contribution in [3.63, 3.8) is 0 Å². The first-order valence-corrected chi connectivity index (χ1v) is 10.6. The van der Waals surface area contributed by atoms with E-state index in [1.165, 1.54) is 26.4 Å². The van der Waals surface area contributed by atoms with E-state index >= 15 is 0 Å². The van der Waals surface area contributed by atoms with Gasteiger partial charge in [0.15, 0.2) is 11.5 Å². The van der Waals surface area contributed by atoms with Crippen LogP contribution in [0.1, 0.15) is 13.3 Å². The summed E-state index contributed by atoms with van der Waals surface area (Å²) in [5.74, 6) is 0.923. The van der Waals surface area contributed by atoms with Crippen molar-refractivity contribution >= 4 is 37.3 Å². The zero-order valence-electron chi connectivity index (χ0n) is 15.2. The number of rotatable bonds is 7. The third kappa shape index (κ3) is 3.79. The molecule has 0 fully saturated rings. The summed E-state index contributed by atoms with van der Waals surface area (Å²) in [4.78, 5) is 12.1. The van der Waals surface area contributed by atoms with Crippen molar-refractivity contribution in [2.75, 3.05) is 18.9 Å². The van der Waals surface area contributed by atoms with Crippen LogP contribution in [0.4, 0.5) is 5.69 Å². The molecule has 3 aromatic rings. The van der Waals surface area contributed by atoms with E-state index in [2.05, 4.69) is 4.72 Å². The minimum Gasteiger partial charge on any atom is -0.493 e. The Morgan fingerprint density at radius 3 is 2.48 bits per heavy atom. The third-order valence-electron chi connectivity index (χ3n) is 4.03. The van der Waals surface area contributed by atoms with Gasteiger partial charge in [0, 0.05) is 12.6 Å². The van der Waals surface area contributed by atoms with Gasteiger partial charge in [-0.3, -0.25) is 14.1 Å². The summed E-state index contributed by atoms with van der Waals surface area (Å²) in [6.07, 6.45) is 0.826. The summed E-state index contributed by atoms with van der Waals surface area (Å²) in [6, 6.07) is 9.46. The monoisotopic (exact) mass is 408 g/mol. The second-order valence-electron chi connectivity index (χ2n) is 5.82. The van der Waals surface area contributed by atoms with Gasteiger partial charge in [-0.25, -0.2) is 8.42 Å². The quantitative estimate of drug-likeness (QED) is 0.648. The zero-order valence-corrected chi connectivity index (χ0v) is 16.8. The number of sulfonamides is 1. The average Bonchev–Trinajstić information content (AvgIpc) is 2.96. The molecule has 7 nitrogen and oxygen atoms in total. The number of nitrogens with one attached hydrogen (secondary N) is 1. The number of aromatic nitrogens is 1. The first-order chi connectivity index (χ1) is 12.9. The molecule has 0 aliphatic carbocycles. The SMILES string of the molecule is CCCn1c(=O)sc2cc(S(=O)(=O)Nc3ccc(OC)c(OC)c3)ccc21. The molecule has 2 aromatic carbocycles. The largest absolute Gasteiger partial charge is 0.493 e. The van der Waals surface area contributed by atoms with E-state index in [0.29, 0.717) is 28.4 Å². The Morgan fingerprint density at radius 2 is 1.81 bits per heavy atom. The Bertz CT molecular complexity index is 1130. The Morgan fingerprint density at radius 1 is 1.07 bits per heavy atom. The minimum atomic E-state index is -3.82. The van der Waals surface area contributed by atoms with E-state index in [0.717, 1.165) is 23.3 Å². The van der Waals surface area contributed by atoms with Gasteiger partial charge in [-0.1, -0.05) is 18.3 Å². The smallest absolute Gasteiger partial charge is 0.308 e. The van der Waals surface area contributed by atoms with Crippen molar-refractivity contribution in [2.45, 2.75) is 24.8 Å². The highest BCUT2D eigenvalue weighted by molar-refractivity contribution is 7.92. The lowest BCUT2D eigenvalue weighted by atomic mass is 10.3. The number of hydrogen-bond donors (Lipinski definition) is 1. The number of anilines is 1. The van der Waals surface area contributed by atoms with Gasteiger partial charge in [0.2, 0.25) is 0 Å². The predicted molar refractivity (Wildman–Crippen MR) is 107 cm³/mol. The molecule has 0 radical (unpaired) electrons. The van der Waals surface area contributed by atoms with Crippen molar-refractivity contribution in [1.29, 1.82) is 0 Å². The molecule has 1 aromatic heterocycles. The molecule has 0 amide bonds. The normalized spacial score (nSPS) is 11.5. The summed E-state index contributed by atoms with van der Waals surface area (Å²) < 4.78 is 40.7. The predicted octanol–water partition coefficient (Wildman–Crippen LogP) is 3.29. The fraction of sp³-hybridized carbons (Fsp3) is 0.278. The number of hydrogen-bond acceptors (Lipinski definition) is 6. The van der Waals surface area contributed by atoms with E-state index in [-0.39, 0.29) is 9.77 Å². The zero-order chi connectivity index (χ0) is 19.6. The van der Waals surface area contributed by atoms with Crippen LogP contribution in [-0.4, -0.2) is 27.2 Å². The highest BCUT2D eigenvalue weighted by atomic mass is 32.2. The lowest BCUT2D eigenvalue weighted by molar-refractivity contribution is 0.355. The van der Waals surface area contributed by atoms with Gasteiger partial charge in [0.1, 0.15) is 0 Å². The number of methoxy groups -OCH3 is 2. The molecule has 0 bridgehead atoms. The maximum atomic E-state index is 12.8. The Balaban J connectivity index is 1.96. The fourth-order valence-electron chi connectivity index (χ4n) is 2.76. The van der Waals surface area contributed by atoms with E-state index in [4.69, 9.17) is 9.47 Å². The molecular formula is C18H20N2O5S2. The third-order valence-corrected chi connectivity index (χ3v) is 6.35. The van der Waals surface area contributed by atoms with E-state index in [1.54, 1.807) is 28.8 Å². The standard InChI is InChI=1S/C18H20N2O5S2/c1-4-9-20-14-7-6-13(11-17(14)26-18(20)21)27(22,23)19-12-5-8-15(24-2)16(10-12)25-3/h5-8,10-11,19H,4,9H2,1-3H3. The van der Waals surface area contributed by atoms with Gasteiger partial charge in [0.25, 0.3) is 10.0 Å². The fourth-order valence-corrected chi connectivity index (χ4v) is 4.87. The number of nitrogens with zero attached hydrogens (tertiary/aromatic N) is 1.